The molecular weight excluding hydrogens is 188 g/mol. The van der Waals surface area contributed by atoms with E-state index in [2.05, 4.69) is 49.2 Å². The van der Waals surface area contributed by atoms with Crippen molar-refractivity contribution in [2.24, 2.45) is 0 Å². The summed E-state index contributed by atoms with van der Waals surface area (Å²) in [7, 11) is -1.19. The van der Waals surface area contributed by atoms with Gasteiger partial charge in [-0.1, -0.05) is 27.4 Å². The largest absolute Gasteiger partial charge is 0.385 e. The van der Waals surface area contributed by atoms with Gasteiger partial charge in [0.25, 0.3) is 0 Å². The molecule has 80 valence electrons. The van der Waals surface area contributed by atoms with E-state index in [9.17, 15) is 0 Å². The van der Waals surface area contributed by atoms with Crippen molar-refractivity contribution in [2.75, 3.05) is 6.67 Å². The zero-order valence-corrected chi connectivity index (χ0v) is 10.7. The molecule has 0 fully saturated rings. The van der Waals surface area contributed by atoms with Gasteiger partial charge in [-0.15, -0.1) is 0 Å². The zero-order valence-electron chi connectivity index (χ0n) is 9.66. The minimum atomic E-state index is -1.19. The molecule has 2 nitrogen and oxygen atoms in total. The van der Waals surface area contributed by atoms with Crippen LogP contribution in [0.5, 0.6) is 0 Å². The summed E-state index contributed by atoms with van der Waals surface area (Å²) in [6, 6.07) is 4.03. The molecule has 0 amide bonds. The minimum Gasteiger partial charge on any atom is -0.385 e. The van der Waals surface area contributed by atoms with Crippen LogP contribution in [0.25, 0.3) is 0 Å². The van der Waals surface area contributed by atoms with Gasteiger partial charge in [0.05, 0.1) is 6.67 Å². The van der Waals surface area contributed by atoms with Crippen LogP contribution in [0, 0.1) is 0 Å². The van der Waals surface area contributed by atoms with Crippen molar-refractivity contribution < 1.29 is 0 Å². The summed E-state index contributed by atoms with van der Waals surface area (Å²) in [5, 5.41) is 0. The normalized spacial score (nSPS) is 16.5. The van der Waals surface area contributed by atoms with Gasteiger partial charge in [0, 0.05) is 12.4 Å². The first kappa shape index (κ1) is 11.4. The molecule has 14 heavy (non-hydrogen) atoms. The molecule has 0 saturated carbocycles. The molecule has 0 saturated heterocycles. The van der Waals surface area contributed by atoms with Crippen LogP contribution in [-0.4, -0.2) is 24.4 Å². The molecule has 0 unspecified atom stereocenters. The standard InChI is InChI=1S/C11H22N2Si/c1-5-12-9-10-13(11-12)14(6-2,7-3)8-4/h5,9-10H,1,6-8,11H2,2-4H3. The van der Waals surface area contributed by atoms with Crippen molar-refractivity contribution in [3.05, 3.63) is 25.2 Å². The summed E-state index contributed by atoms with van der Waals surface area (Å²) in [5.41, 5.74) is 0. The van der Waals surface area contributed by atoms with E-state index in [-0.39, 0.29) is 0 Å². The first-order chi connectivity index (χ1) is 6.72. The Morgan fingerprint density at radius 2 is 1.79 bits per heavy atom. The third-order valence-corrected chi connectivity index (χ3v) is 9.03. The minimum absolute atomic E-state index is 1.02. The smallest absolute Gasteiger partial charge is 0.157 e. The van der Waals surface area contributed by atoms with Gasteiger partial charge in [0.1, 0.15) is 0 Å². The van der Waals surface area contributed by atoms with E-state index in [0.717, 1.165) is 6.67 Å². The first-order valence-electron chi connectivity index (χ1n) is 5.55. The van der Waals surface area contributed by atoms with E-state index >= 15 is 0 Å². The second kappa shape index (κ2) is 4.69. The Hall–Kier alpha value is -0.703. The zero-order chi connectivity index (χ0) is 10.6. The Balaban J connectivity index is 2.72. The van der Waals surface area contributed by atoms with Crippen molar-refractivity contribution in [3.63, 3.8) is 0 Å². The monoisotopic (exact) mass is 210 g/mol. The Morgan fingerprint density at radius 3 is 2.14 bits per heavy atom. The molecule has 0 aromatic heterocycles. The molecule has 1 rings (SSSR count). The molecule has 0 aromatic rings. The van der Waals surface area contributed by atoms with Gasteiger partial charge in [-0.25, -0.2) is 0 Å². The second-order valence-corrected chi connectivity index (χ2v) is 9.04. The number of hydrogen-bond acceptors (Lipinski definition) is 2. The lowest BCUT2D eigenvalue weighted by molar-refractivity contribution is 0.414. The van der Waals surface area contributed by atoms with Crippen molar-refractivity contribution >= 4 is 8.24 Å². The van der Waals surface area contributed by atoms with Gasteiger partial charge in [-0.2, -0.15) is 0 Å². The summed E-state index contributed by atoms with van der Waals surface area (Å²) in [5.74, 6) is 0. The van der Waals surface area contributed by atoms with Gasteiger partial charge < -0.3 is 9.47 Å². The van der Waals surface area contributed by atoms with Crippen LogP contribution in [0.15, 0.2) is 25.2 Å². The van der Waals surface area contributed by atoms with Gasteiger partial charge in [0.15, 0.2) is 8.24 Å². The maximum absolute atomic E-state index is 3.80. The molecule has 0 atom stereocenters. The highest BCUT2D eigenvalue weighted by Gasteiger charge is 2.34. The van der Waals surface area contributed by atoms with Crippen LogP contribution >= 0.6 is 0 Å². The topological polar surface area (TPSA) is 6.48 Å². The van der Waals surface area contributed by atoms with Crippen molar-refractivity contribution in [1.82, 2.24) is 9.47 Å². The molecule has 0 N–H and O–H groups in total. The van der Waals surface area contributed by atoms with Crippen LogP contribution in [0.2, 0.25) is 18.1 Å². The van der Waals surface area contributed by atoms with Crippen molar-refractivity contribution in [3.8, 4) is 0 Å². The molecule has 0 spiro atoms. The molecule has 0 aliphatic carbocycles. The van der Waals surface area contributed by atoms with E-state index in [1.807, 2.05) is 6.20 Å². The molecule has 0 bridgehead atoms. The SMILES string of the molecule is C=CN1C=CN([Si](CC)(CC)CC)C1. The van der Waals surface area contributed by atoms with Gasteiger partial charge >= 0.3 is 0 Å². The van der Waals surface area contributed by atoms with Crippen molar-refractivity contribution in [1.29, 1.82) is 0 Å². The number of rotatable bonds is 5. The predicted molar refractivity (Wildman–Crippen MR) is 65.1 cm³/mol. The highest BCUT2D eigenvalue weighted by molar-refractivity contribution is 6.77. The second-order valence-electron chi connectivity index (χ2n) is 3.89. The average Bonchev–Trinajstić information content (AvgIpc) is 2.71. The van der Waals surface area contributed by atoms with Gasteiger partial charge in [-0.05, 0) is 24.3 Å². The quantitative estimate of drug-likeness (QED) is 0.643. The third-order valence-electron chi connectivity index (χ3n) is 3.57. The van der Waals surface area contributed by atoms with E-state index in [1.54, 1.807) is 0 Å². The number of hydrogen-bond donors (Lipinski definition) is 0. The molecule has 1 aliphatic heterocycles. The summed E-state index contributed by atoms with van der Waals surface area (Å²) >= 11 is 0. The molecule has 1 heterocycles. The van der Waals surface area contributed by atoms with Crippen LogP contribution in [-0.2, 0) is 0 Å². The molecule has 0 aromatic carbocycles. The average molecular weight is 210 g/mol. The number of nitrogens with zero attached hydrogens (tertiary/aromatic N) is 2. The Morgan fingerprint density at radius 1 is 1.21 bits per heavy atom. The Bertz CT molecular complexity index is 213. The lowest BCUT2D eigenvalue weighted by atomic mass is 10.8. The fourth-order valence-corrected chi connectivity index (χ4v) is 5.79. The van der Waals surface area contributed by atoms with Crippen molar-refractivity contribution in [2.45, 2.75) is 38.9 Å². The molecule has 0 radical (unpaired) electrons. The van der Waals surface area contributed by atoms with Gasteiger partial charge in [-0.3, -0.25) is 0 Å². The van der Waals surface area contributed by atoms with Crippen LogP contribution < -0.4 is 0 Å². The molecule has 3 heteroatoms. The van der Waals surface area contributed by atoms with E-state index in [0.29, 0.717) is 0 Å². The van der Waals surface area contributed by atoms with Crippen LogP contribution in [0.3, 0.4) is 0 Å². The Labute approximate surface area is 89.0 Å². The lowest BCUT2D eigenvalue weighted by Gasteiger charge is -2.38. The van der Waals surface area contributed by atoms with E-state index in [4.69, 9.17) is 0 Å². The maximum Gasteiger partial charge on any atom is 0.157 e. The van der Waals surface area contributed by atoms with E-state index < -0.39 is 8.24 Å². The predicted octanol–water partition coefficient (Wildman–Crippen LogP) is 3.18. The fraction of sp³-hybridized carbons (Fsp3) is 0.636. The third kappa shape index (κ3) is 1.87. The summed E-state index contributed by atoms with van der Waals surface area (Å²) in [6.45, 7) is 11.8. The summed E-state index contributed by atoms with van der Waals surface area (Å²) in [6.07, 6.45) is 6.29. The van der Waals surface area contributed by atoms with Crippen LogP contribution in [0.4, 0.5) is 0 Å². The summed E-state index contributed by atoms with van der Waals surface area (Å²) < 4.78 is 2.58. The van der Waals surface area contributed by atoms with E-state index in [1.165, 1.54) is 18.1 Å². The molecular formula is C11H22N2Si. The molecule has 1 aliphatic rings. The fourth-order valence-electron chi connectivity index (χ4n) is 2.22. The Kier molecular flexibility index (Phi) is 3.81. The highest BCUT2D eigenvalue weighted by Crippen LogP contribution is 2.27. The van der Waals surface area contributed by atoms with Gasteiger partial charge in [0.2, 0.25) is 0 Å². The first-order valence-corrected chi connectivity index (χ1v) is 8.12. The van der Waals surface area contributed by atoms with Crippen LogP contribution in [0.1, 0.15) is 20.8 Å². The summed E-state index contributed by atoms with van der Waals surface area (Å²) in [4.78, 5) is 2.16. The highest BCUT2D eigenvalue weighted by atomic mass is 28.3. The lowest BCUT2D eigenvalue weighted by Crippen LogP contribution is -2.49. The maximum atomic E-state index is 3.80.